The number of pyridine rings is 1. The van der Waals surface area contributed by atoms with Crippen molar-refractivity contribution in [3.8, 4) is 0 Å². The number of carbonyl (C=O) groups is 1. The predicted octanol–water partition coefficient (Wildman–Crippen LogP) is 2.13. The molecule has 114 valence electrons. The maximum atomic E-state index is 11.7. The number of aromatic nitrogens is 1. The molecule has 2 heterocycles. The Morgan fingerprint density at radius 1 is 1.29 bits per heavy atom. The Kier molecular flexibility index (Phi) is 4.08. The standard InChI is InChI=1S/C14H19BClNO4/c1-8-9(7-10(12(18)19-6)17-11(8)16)15-20-13(2,3)14(4,5)21-15/h7H,1-6H3. The maximum absolute atomic E-state index is 11.7. The van der Waals surface area contributed by atoms with E-state index >= 15 is 0 Å². The van der Waals surface area contributed by atoms with E-state index in [0.717, 1.165) is 5.56 Å². The maximum Gasteiger partial charge on any atom is 0.495 e. The monoisotopic (exact) mass is 311 g/mol. The van der Waals surface area contributed by atoms with E-state index in [9.17, 15) is 4.79 Å². The van der Waals surface area contributed by atoms with E-state index in [4.69, 9.17) is 20.9 Å². The number of hydrogen-bond acceptors (Lipinski definition) is 5. The summed E-state index contributed by atoms with van der Waals surface area (Å²) >= 11 is 6.11. The Hall–Kier alpha value is -1.11. The normalized spacial score (nSPS) is 19.7. The molecular formula is C14H19BClNO4. The smallest absolute Gasteiger partial charge is 0.464 e. The van der Waals surface area contributed by atoms with Gasteiger partial charge in [0.25, 0.3) is 0 Å². The molecule has 0 amide bonds. The number of carbonyl (C=O) groups excluding carboxylic acids is 1. The summed E-state index contributed by atoms with van der Waals surface area (Å²) in [5.74, 6) is -0.547. The molecule has 5 nitrogen and oxygen atoms in total. The van der Waals surface area contributed by atoms with Crippen molar-refractivity contribution in [3.05, 3.63) is 22.5 Å². The van der Waals surface area contributed by atoms with Crippen molar-refractivity contribution >= 4 is 30.2 Å². The highest BCUT2D eigenvalue weighted by molar-refractivity contribution is 6.63. The van der Waals surface area contributed by atoms with Crippen LogP contribution in [0.5, 0.6) is 0 Å². The van der Waals surface area contributed by atoms with Crippen LogP contribution in [0.4, 0.5) is 0 Å². The molecule has 1 aliphatic rings. The predicted molar refractivity (Wildman–Crippen MR) is 81.0 cm³/mol. The second-order valence-electron chi connectivity index (χ2n) is 6.09. The summed E-state index contributed by atoms with van der Waals surface area (Å²) < 4.78 is 16.7. The molecule has 0 atom stereocenters. The van der Waals surface area contributed by atoms with E-state index in [1.165, 1.54) is 7.11 Å². The van der Waals surface area contributed by atoms with Gasteiger partial charge in [-0.15, -0.1) is 0 Å². The molecule has 0 aliphatic carbocycles. The Labute approximate surface area is 130 Å². The largest absolute Gasteiger partial charge is 0.495 e. The Balaban J connectivity index is 2.46. The van der Waals surface area contributed by atoms with Crippen LogP contribution >= 0.6 is 11.6 Å². The average molecular weight is 312 g/mol. The zero-order valence-corrected chi connectivity index (χ0v) is 13.9. The molecule has 1 aliphatic heterocycles. The first kappa shape index (κ1) is 16.3. The summed E-state index contributed by atoms with van der Waals surface area (Å²) in [5, 5.41) is 0.239. The Morgan fingerprint density at radius 2 is 1.81 bits per heavy atom. The molecule has 0 unspecified atom stereocenters. The van der Waals surface area contributed by atoms with Crippen molar-refractivity contribution in [1.82, 2.24) is 4.98 Å². The molecule has 1 saturated heterocycles. The lowest BCUT2D eigenvalue weighted by Gasteiger charge is -2.32. The number of halogens is 1. The molecule has 2 rings (SSSR count). The summed E-state index contributed by atoms with van der Waals surface area (Å²) in [6.07, 6.45) is 0. The highest BCUT2D eigenvalue weighted by Gasteiger charge is 2.52. The van der Waals surface area contributed by atoms with Crippen LogP contribution in [0.3, 0.4) is 0 Å². The van der Waals surface area contributed by atoms with Crippen molar-refractivity contribution in [1.29, 1.82) is 0 Å². The van der Waals surface area contributed by atoms with E-state index in [2.05, 4.69) is 9.72 Å². The van der Waals surface area contributed by atoms with Gasteiger partial charge in [0.15, 0.2) is 0 Å². The zero-order valence-electron chi connectivity index (χ0n) is 13.1. The van der Waals surface area contributed by atoms with Gasteiger partial charge in [0.05, 0.1) is 18.3 Å². The molecule has 0 N–H and O–H groups in total. The van der Waals surface area contributed by atoms with Gasteiger partial charge < -0.3 is 14.0 Å². The molecule has 0 aromatic carbocycles. The van der Waals surface area contributed by atoms with Gasteiger partial charge in [-0.25, -0.2) is 9.78 Å². The highest BCUT2D eigenvalue weighted by atomic mass is 35.5. The third-order valence-corrected chi connectivity index (χ3v) is 4.52. The fourth-order valence-electron chi connectivity index (χ4n) is 2.02. The summed E-state index contributed by atoms with van der Waals surface area (Å²) in [6.45, 7) is 9.67. The zero-order chi connectivity index (χ0) is 16.0. The van der Waals surface area contributed by atoms with Crippen LogP contribution in [-0.2, 0) is 14.0 Å². The molecule has 21 heavy (non-hydrogen) atoms. The summed E-state index contributed by atoms with van der Waals surface area (Å²) in [4.78, 5) is 15.7. The lowest BCUT2D eigenvalue weighted by atomic mass is 9.76. The SMILES string of the molecule is COC(=O)c1cc(B2OC(C)(C)C(C)(C)O2)c(C)c(Cl)n1. The van der Waals surface area contributed by atoms with E-state index in [-0.39, 0.29) is 10.8 Å². The average Bonchev–Trinajstić information content (AvgIpc) is 2.60. The van der Waals surface area contributed by atoms with Gasteiger partial charge in [-0.2, -0.15) is 0 Å². The first-order valence-corrected chi connectivity index (χ1v) is 7.08. The first-order chi connectivity index (χ1) is 9.59. The third-order valence-electron chi connectivity index (χ3n) is 4.16. The van der Waals surface area contributed by atoms with Crippen molar-refractivity contribution < 1.29 is 18.8 Å². The van der Waals surface area contributed by atoms with Crippen LogP contribution in [0.15, 0.2) is 6.07 Å². The minimum absolute atomic E-state index is 0.137. The number of rotatable bonds is 2. The van der Waals surface area contributed by atoms with Crippen molar-refractivity contribution in [2.45, 2.75) is 45.8 Å². The van der Waals surface area contributed by atoms with Crippen LogP contribution in [0.25, 0.3) is 0 Å². The Morgan fingerprint density at radius 3 is 2.29 bits per heavy atom. The second-order valence-corrected chi connectivity index (χ2v) is 6.45. The minimum atomic E-state index is -0.598. The molecule has 7 heteroatoms. The third kappa shape index (κ3) is 2.80. The summed E-state index contributed by atoms with van der Waals surface area (Å²) in [6, 6.07) is 1.61. The van der Waals surface area contributed by atoms with Crippen LogP contribution < -0.4 is 5.46 Å². The summed E-state index contributed by atoms with van der Waals surface area (Å²) in [7, 11) is 0.700. The van der Waals surface area contributed by atoms with Gasteiger partial charge in [-0.05, 0) is 51.7 Å². The molecule has 0 radical (unpaired) electrons. The van der Waals surface area contributed by atoms with E-state index in [1.54, 1.807) is 6.07 Å². The van der Waals surface area contributed by atoms with E-state index < -0.39 is 24.3 Å². The van der Waals surface area contributed by atoms with E-state index in [1.807, 2.05) is 34.6 Å². The van der Waals surface area contributed by atoms with Crippen molar-refractivity contribution in [2.75, 3.05) is 7.11 Å². The number of esters is 1. The van der Waals surface area contributed by atoms with Crippen LogP contribution in [0, 0.1) is 6.92 Å². The van der Waals surface area contributed by atoms with Gasteiger partial charge >= 0.3 is 13.1 Å². The van der Waals surface area contributed by atoms with Crippen molar-refractivity contribution in [3.63, 3.8) is 0 Å². The first-order valence-electron chi connectivity index (χ1n) is 6.70. The molecule has 1 fully saturated rings. The molecule has 0 bridgehead atoms. The van der Waals surface area contributed by atoms with Gasteiger partial charge in [0.1, 0.15) is 10.8 Å². The second kappa shape index (κ2) is 5.27. The number of hydrogen-bond donors (Lipinski definition) is 0. The van der Waals surface area contributed by atoms with Crippen LogP contribution in [-0.4, -0.2) is 36.4 Å². The Bertz CT molecular complexity index is 573. The van der Waals surface area contributed by atoms with Gasteiger partial charge in [-0.3, -0.25) is 0 Å². The molecule has 1 aromatic rings. The lowest BCUT2D eigenvalue weighted by molar-refractivity contribution is 0.00578. The van der Waals surface area contributed by atoms with Gasteiger partial charge in [0.2, 0.25) is 0 Å². The molecule has 0 saturated carbocycles. The fraction of sp³-hybridized carbons (Fsp3) is 0.571. The van der Waals surface area contributed by atoms with Crippen LogP contribution in [0.1, 0.15) is 43.7 Å². The van der Waals surface area contributed by atoms with E-state index in [0.29, 0.717) is 5.46 Å². The van der Waals surface area contributed by atoms with Gasteiger partial charge in [0, 0.05) is 0 Å². The van der Waals surface area contributed by atoms with Crippen molar-refractivity contribution in [2.24, 2.45) is 0 Å². The van der Waals surface area contributed by atoms with Crippen LogP contribution in [0.2, 0.25) is 5.15 Å². The van der Waals surface area contributed by atoms with Gasteiger partial charge in [-0.1, -0.05) is 11.6 Å². The molecule has 1 aromatic heterocycles. The number of nitrogens with zero attached hydrogens (tertiary/aromatic N) is 1. The quantitative estimate of drug-likeness (QED) is 0.476. The number of ether oxygens (including phenoxy) is 1. The topological polar surface area (TPSA) is 57.7 Å². The molecular weight excluding hydrogens is 292 g/mol. The lowest BCUT2D eigenvalue weighted by Crippen LogP contribution is -2.41. The number of methoxy groups -OCH3 is 1. The molecule has 0 spiro atoms. The minimum Gasteiger partial charge on any atom is -0.464 e. The summed E-state index contributed by atoms with van der Waals surface area (Å²) in [5.41, 5.74) is 0.617. The fourth-order valence-corrected chi connectivity index (χ4v) is 2.22. The highest BCUT2D eigenvalue weighted by Crippen LogP contribution is 2.36.